The molecule has 0 unspecified atom stereocenters. The number of nitrogens with zero attached hydrogens (tertiary/aromatic N) is 4. The summed E-state index contributed by atoms with van der Waals surface area (Å²) in [4.78, 5) is 28.1. The zero-order chi connectivity index (χ0) is 18.1. The Bertz CT molecular complexity index is 1020. The summed E-state index contributed by atoms with van der Waals surface area (Å²) in [6.07, 6.45) is 1.40. The molecule has 0 bridgehead atoms. The number of carbonyl (C=O) groups is 1. The number of aromatic nitrogens is 4. The monoisotopic (exact) mass is 367 g/mol. The van der Waals surface area contributed by atoms with E-state index in [1.54, 1.807) is 6.92 Å². The molecule has 1 amide bonds. The highest BCUT2D eigenvalue weighted by Crippen LogP contribution is 2.15. The average Bonchev–Trinajstić information content (AvgIpc) is 2.85. The average molecular weight is 368 g/mol. The Morgan fingerprint density at radius 1 is 1.32 bits per heavy atom. The van der Waals surface area contributed by atoms with Crippen LogP contribution in [0.2, 0.25) is 5.15 Å². The fourth-order valence-corrected chi connectivity index (χ4v) is 2.41. The van der Waals surface area contributed by atoms with Crippen LogP contribution in [0.4, 0.5) is 8.78 Å². The van der Waals surface area contributed by atoms with Crippen LogP contribution in [-0.2, 0) is 11.3 Å². The third kappa shape index (κ3) is 3.50. The number of rotatable bonds is 4. The summed E-state index contributed by atoms with van der Waals surface area (Å²) >= 11 is 5.73. The molecular formula is C15H12ClF2N5O2. The van der Waals surface area contributed by atoms with E-state index in [9.17, 15) is 18.4 Å². The lowest BCUT2D eigenvalue weighted by molar-refractivity contribution is -0.122. The van der Waals surface area contributed by atoms with Crippen molar-refractivity contribution in [1.82, 2.24) is 24.5 Å². The second-order valence-electron chi connectivity index (χ2n) is 5.32. The number of amides is 1. The van der Waals surface area contributed by atoms with Crippen LogP contribution >= 0.6 is 11.6 Å². The summed E-state index contributed by atoms with van der Waals surface area (Å²) < 4.78 is 28.3. The fraction of sp³-hybridized carbons (Fsp3) is 0.200. The van der Waals surface area contributed by atoms with Gasteiger partial charge in [-0.25, -0.2) is 22.7 Å². The topological polar surface area (TPSA) is 81.3 Å². The van der Waals surface area contributed by atoms with Gasteiger partial charge in [0, 0.05) is 6.20 Å². The van der Waals surface area contributed by atoms with Crippen LogP contribution in [-0.4, -0.2) is 25.1 Å². The number of benzene rings is 1. The van der Waals surface area contributed by atoms with E-state index in [1.807, 2.05) is 0 Å². The predicted octanol–water partition coefficient (Wildman–Crippen LogP) is 1.70. The molecule has 0 aliphatic heterocycles. The Morgan fingerprint density at radius 2 is 2.08 bits per heavy atom. The van der Waals surface area contributed by atoms with E-state index >= 15 is 0 Å². The number of hydrogen-bond donors (Lipinski definition) is 1. The van der Waals surface area contributed by atoms with Crippen molar-refractivity contribution < 1.29 is 13.6 Å². The normalized spacial score (nSPS) is 12.3. The van der Waals surface area contributed by atoms with Gasteiger partial charge in [-0.2, -0.15) is 4.98 Å². The van der Waals surface area contributed by atoms with Gasteiger partial charge in [0.25, 0.3) is 5.78 Å². The van der Waals surface area contributed by atoms with Gasteiger partial charge in [-0.1, -0.05) is 17.7 Å². The fourth-order valence-electron chi connectivity index (χ4n) is 2.28. The number of hydrogen-bond acceptors (Lipinski definition) is 4. The van der Waals surface area contributed by atoms with Crippen LogP contribution in [0.25, 0.3) is 5.78 Å². The predicted molar refractivity (Wildman–Crippen MR) is 85.2 cm³/mol. The van der Waals surface area contributed by atoms with Gasteiger partial charge in [-0.15, -0.1) is 5.10 Å². The molecular weight excluding hydrogens is 356 g/mol. The van der Waals surface area contributed by atoms with Crippen LogP contribution in [0.15, 0.2) is 35.3 Å². The van der Waals surface area contributed by atoms with Crippen LogP contribution in [0.1, 0.15) is 18.5 Å². The first kappa shape index (κ1) is 17.0. The summed E-state index contributed by atoms with van der Waals surface area (Å²) in [5, 5.41) is 6.68. The number of carbonyl (C=O) groups excluding carboxylic acids is 1. The molecule has 0 aliphatic carbocycles. The summed E-state index contributed by atoms with van der Waals surface area (Å²) in [6, 6.07) is 4.20. The van der Waals surface area contributed by atoms with Gasteiger partial charge in [0.05, 0.1) is 6.04 Å². The van der Waals surface area contributed by atoms with E-state index < -0.39 is 29.3 Å². The van der Waals surface area contributed by atoms with E-state index in [0.29, 0.717) is 5.56 Å². The van der Waals surface area contributed by atoms with Crippen LogP contribution in [0.5, 0.6) is 0 Å². The van der Waals surface area contributed by atoms with Crippen molar-refractivity contribution >= 4 is 23.3 Å². The molecule has 3 rings (SSSR count). The molecule has 2 aromatic heterocycles. The number of halogens is 3. The van der Waals surface area contributed by atoms with Crippen molar-refractivity contribution in [3.63, 3.8) is 0 Å². The van der Waals surface area contributed by atoms with E-state index in [2.05, 4.69) is 15.4 Å². The highest BCUT2D eigenvalue weighted by molar-refractivity contribution is 6.29. The molecule has 0 saturated heterocycles. The van der Waals surface area contributed by atoms with Gasteiger partial charge in [0.15, 0.2) is 11.6 Å². The van der Waals surface area contributed by atoms with Crippen molar-refractivity contribution in [2.45, 2.75) is 19.5 Å². The minimum absolute atomic E-state index is 0.0685. The summed E-state index contributed by atoms with van der Waals surface area (Å²) in [5.41, 5.74) is -0.155. The first-order valence-corrected chi connectivity index (χ1v) is 7.59. The van der Waals surface area contributed by atoms with Crippen LogP contribution in [0, 0.1) is 11.6 Å². The summed E-state index contributed by atoms with van der Waals surface area (Å²) in [7, 11) is 0. The highest BCUT2D eigenvalue weighted by atomic mass is 35.5. The maximum atomic E-state index is 13.3. The zero-order valence-corrected chi connectivity index (χ0v) is 13.7. The molecule has 0 aliphatic rings. The van der Waals surface area contributed by atoms with E-state index in [1.165, 1.54) is 18.3 Å². The molecule has 1 aromatic carbocycles. The Balaban J connectivity index is 1.75. The number of fused-ring (bicyclic) bond motifs is 1. The summed E-state index contributed by atoms with van der Waals surface area (Å²) in [6.45, 7) is 1.26. The molecule has 0 saturated carbocycles. The van der Waals surface area contributed by atoms with Gasteiger partial charge < -0.3 is 5.32 Å². The highest BCUT2D eigenvalue weighted by Gasteiger charge is 2.15. The summed E-state index contributed by atoms with van der Waals surface area (Å²) in [5.74, 6) is -2.42. The molecule has 1 N–H and O–H groups in total. The standard InChI is InChI=1S/C15H12ClF2N5O2/c1-8(9-2-3-10(17)11(18)6-9)19-13(24)7-23-15(25)22-5-4-12(16)20-14(22)21-23/h2-6,8H,7H2,1H3,(H,19,24)/t8-/m0/s1. The second-order valence-corrected chi connectivity index (χ2v) is 5.71. The third-order valence-electron chi connectivity index (χ3n) is 3.53. The molecule has 7 nitrogen and oxygen atoms in total. The Morgan fingerprint density at radius 3 is 2.80 bits per heavy atom. The van der Waals surface area contributed by atoms with E-state index in [4.69, 9.17) is 11.6 Å². The van der Waals surface area contributed by atoms with Gasteiger partial charge in [-0.05, 0) is 30.7 Å². The maximum absolute atomic E-state index is 13.3. The Kier molecular flexibility index (Phi) is 4.49. The van der Waals surface area contributed by atoms with Crippen LogP contribution < -0.4 is 11.0 Å². The molecule has 0 spiro atoms. The lowest BCUT2D eigenvalue weighted by Gasteiger charge is -2.14. The van der Waals surface area contributed by atoms with Crippen molar-refractivity contribution in [1.29, 1.82) is 0 Å². The quantitative estimate of drug-likeness (QED) is 0.712. The molecule has 2 heterocycles. The van der Waals surface area contributed by atoms with Crippen molar-refractivity contribution in [2.75, 3.05) is 0 Å². The Hall–Kier alpha value is -2.81. The largest absolute Gasteiger partial charge is 0.352 e. The number of nitrogens with one attached hydrogen (secondary N) is 1. The minimum Gasteiger partial charge on any atom is -0.348 e. The Labute approximate surface area is 144 Å². The SMILES string of the molecule is C[C@H](NC(=O)Cn1nc2nc(Cl)ccn2c1=O)c1ccc(F)c(F)c1. The molecule has 10 heteroatoms. The van der Waals surface area contributed by atoms with Gasteiger partial charge in [-0.3, -0.25) is 4.79 Å². The van der Waals surface area contributed by atoms with E-state index in [-0.39, 0.29) is 17.5 Å². The third-order valence-corrected chi connectivity index (χ3v) is 3.75. The van der Waals surface area contributed by atoms with Crippen LogP contribution in [0.3, 0.4) is 0 Å². The molecule has 1 atom stereocenters. The van der Waals surface area contributed by atoms with Crippen molar-refractivity contribution in [2.24, 2.45) is 0 Å². The lowest BCUT2D eigenvalue weighted by atomic mass is 10.1. The lowest BCUT2D eigenvalue weighted by Crippen LogP contribution is -2.34. The van der Waals surface area contributed by atoms with Crippen molar-refractivity contribution in [3.05, 3.63) is 63.3 Å². The van der Waals surface area contributed by atoms with Gasteiger partial charge >= 0.3 is 5.69 Å². The minimum atomic E-state index is -1.00. The van der Waals surface area contributed by atoms with E-state index in [0.717, 1.165) is 21.2 Å². The molecule has 0 fully saturated rings. The molecule has 0 radical (unpaired) electrons. The first-order chi connectivity index (χ1) is 11.8. The molecule has 25 heavy (non-hydrogen) atoms. The van der Waals surface area contributed by atoms with Gasteiger partial charge in [0.2, 0.25) is 5.91 Å². The maximum Gasteiger partial charge on any atom is 0.352 e. The molecule has 130 valence electrons. The smallest absolute Gasteiger partial charge is 0.348 e. The van der Waals surface area contributed by atoms with Crippen molar-refractivity contribution in [3.8, 4) is 0 Å². The second kappa shape index (κ2) is 6.60. The zero-order valence-electron chi connectivity index (χ0n) is 12.9. The van der Waals surface area contributed by atoms with Gasteiger partial charge in [0.1, 0.15) is 11.7 Å². The molecule has 3 aromatic rings. The first-order valence-electron chi connectivity index (χ1n) is 7.21.